The topological polar surface area (TPSA) is 87.4 Å². The number of fused-ring (bicyclic) bond motifs is 1. The van der Waals surface area contributed by atoms with Gasteiger partial charge in [0, 0.05) is 23.8 Å². The molecule has 0 amide bonds. The standard InChI is InChI=1S/C19H25N3O3/c1-2-11-22-17-8-5-14(12-16(17)18(21-22)19(24)25)20-10-9-13-3-6-15(23)7-4-13/h3-4,6-7,14,20,23H,2,5,8-12H2,1H3,(H,24,25). The van der Waals surface area contributed by atoms with Crippen molar-refractivity contribution in [3.63, 3.8) is 0 Å². The average Bonchev–Trinajstić information content (AvgIpc) is 2.95. The number of rotatable bonds is 7. The zero-order valence-electron chi connectivity index (χ0n) is 14.5. The first-order valence-corrected chi connectivity index (χ1v) is 8.91. The molecule has 3 rings (SSSR count). The number of aryl methyl sites for hydroxylation is 1. The van der Waals surface area contributed by atoms with E-state index in [1.807, 2.05) is 16.8 Å². The number of hydrogen-bond donors (Lipinski definition) is 3. The fraction of sp³-hybridized carbons (Fsp3) is 0.474. The van der Waals surface area contributed by atoms with Gasteiger partial charge in [-0.1, -0.05) is 19.1 Å². The Kier molecular flexibility index (Phi) is 5.38. The fourth-order valence-corrected chi connectivity index (χ4v) is 3.51. The minimum atomic E-state index is -0.934. The van der Waals surface area contributed by atoms with Crippen molar-refractivity contribution in [2.24, 2.45) is 0 Å². The maximum atomic E-state index is 11.5. The summed E-state index contributed by atoms with van der Waals surface area (Å²) in [6, 6.07) is 7.52. The highest BCUT2D eigenvalue weighted by Gasteiger charge is 2.28. The van der Waals surface area contributed by atoms with E-state index < -0.39 is 5.97 Å². The number of carbonyl (C=O) groups is 1. The summed E-state index contributed by atoms with van der Waals surface area (Å²) in [5, 5.41) is 26.6. The Bertz CT molecular complexity index is 737. The number of benzene rings is 1. The number of carboxylic acid groups (broad SMARTS) is 1. The molecule has 6 heteroatoms. The van der Waals surface area contributed by atoms with Crippen LogP contribution in [0.25, 0.3) is 0 Å². The van der Waals surface area contributed by atoms with Crippen LogP contribution in [0.4, 0.5) is 0 Å². The van der Waals surface area contributed by atoms with Gasteiger partial charge in [0.25, 0.3) is 0 Å². The second-order valence-electron chi connectivity index (χ2n) is 6.61. The summed E-state index contributed by atoms with van der Waals surface area (Å²) in [6.07, 6.45) is 4.41. The maximum Gasteiger partial charge on any atom is 0.356 e. The molecule has 0 saturated heterocycles. The van der Waals surface area contributed by atoms with Crippen LogP contribution in [0.5, 0.6) is 5.75 Å². The third kappa shape index (κ3) is 4.02. The molecular formula is C19H25N3O3. The Morgan fingerprint density at radius 3 is 2.80 bits per heavy atom. The molecule has 0 aliphatic heterocycles. The lowest BCUT2D eigenvalue weighted by molar-refractivity contribution is 0.0688. The van der Waals surface area contributed by atoms with Gasteiger partial charge in [-0.05, 0) is 56.3 Å². The zero-order chi connectivity index (χ0) is 17.8. The van der Waals surface area contributed by atoms with Gasteiger partial charge in [0.2, 0.25) is 0 Å². The molecule has 25 heavy (non-hydrogen) atoms. The number of aromatic carboxylic acids is 1. The highest BCUT2D eigenvalue weighted by molar-refractivity contribution is 5.87. The van der Waals surface area contributed by atoms with Crippen LogP contribution in [-0.2, 0) is 25.8 Å². The van der Waals surface area contributed by atoms with E-state index in [9.17, 15) is 15.0 Å². The predicted octanol–water partition coefficient (Wildman–Crippen LogP) is 2.39. The van der Waals surface area contributed by atoms with Crippen LogP contribution in [0.3, 0.4) is 0 Å². The van der Waals surface area contributed by atoms with E-state index in [0.717, 1.165) is 56.5 Å². The van der Waals surface area contributed by atoms with E-state index in [2.05, 4.69) is 17.3 Å². The van der Waals surface area contributed by atoms with Crippen molar-refractivity contribution in [3.05, 3.63) is 46.8 Å². The van der Waals surface area contributed by atoms with Gasteiger partial charge in [-0.3, -0.25) is 4.68 Å². The van der Waals surface area contributed by atoms with Crippen LogP contribution in [0.2, 0.25) is 0 Å². The highest BCUT2D eigenvalue weighted by Crippen LogP contribution is 2.25. The van der Waals surface area contributed by atoms with Crippen molar-refractivity contribution in [1.29, 1.82) is 0 Å². The summed E-state index contributed by atoms with van der Waals surface area (Å²) < 4.78 is 1.88. The first kappa shape index (κ1) is 17.5. The van der Waals surface area contributed by atoms with Crippen LogP contribution < -0.4 is 5.32 Å². The molecule has 0 saturated carbocycles. The number of carboxylic acids is 1. The summed E-state index contributed by atoms with van der Waals surface area (Å²) in [6.45, 7) is 3.68. The third-order valence-corrected chi connectivity index (χ3v) is 4.77. The van der Waals surface area contributed by atoms with Crippen molar-refractivity contribution >= 4 is 5.97 Å². The Morgan fingerprint density at radius 2 is 2.12 bits per heavy atom. The quantitative estimate of drug-likeness (QED) is 0.718. The number of phenolic OH excluding ortho intramolecular Hbond substituents is 1. The smallest absolute Gasteiger partial charge is 0.356 e. The van der Waals surface area contributed by atoms with Crippen molar-refractivity contribution < 1.29 is 15.0 Å². The number of nitrogens with zero attached hydrogens (tertiary/aromatic N) is 2. The lowest BCUT2D eigenvalue weighted by atomic mass is 9.91. The Hall–Kier alpha value is -2.34. The van der Waals surface area contributed by atoms with Crippen LogP contribution in [0.15, 0.2) is 24.3 Å². The summed E-state index contributed by atoms with van der Waals surface area (Å²) in [7, 11) is 0. The minimum absolute atomic E-state index is 0.216. The summed E-state index contributed by atoms with van der Waals surface area (Å²) in [5.74, 6) is -0.655. The molecule has 0 bridgehead atoms. The number of nitrogens with one attached hydrogen (secondary N) is 1. The molecule has 134 valence electrons. The van der Waals surface area contributed by atoms with E-state index in [4.69, 9.17) is 0 Å². The molecule has 1 heterocycles. The van der Waals surface area contributed by atoms with Gasteiger partial charge >= 0.3 is 5.97 Å². The van der Waals surface area contributed by atoms with Gasteiger partial charge in [-0.15, -0.1) is 0 Å². The second kappa shape index (κ2) is 7.70. The van der Waals surface area contributed by atoms with Crippen LogP contribution in [0.1, 0.15) is 47.1 Å². The van der Waals surface area contributed by atoms with Crippen LogP contribution >= 0.6 is 0 Å². The molecule has 3 N–H and O–H groups in total. The highest BCUT2D eigenvalue weighted by atomic mass is 16.4. The number of hydrogen-bond acceptors (Lipinski definition) is 4. The number of aromatic hydroxyl groups is 1. The third-order valence-electron chi connectivity index (χ3n) is 4.77. The Balaban J connectivity index is 1.62. The van der Waals surface area contributed by atoms with Gasteiger partial charge in [-0.25, -0.2) is 4.79 Å². The van der Waals surface area contributed by atoms with Gasteiger partial charge in [0.15, 0.2) is 5.69 Å². The lowest BCUT2D eigenvalue weighted by Crippen LogP contribution is -2.36. The SMILES string of the molecule is CCCn1nc(C(=O)O)c2c1CCC(NCCc1ccc(O)cc1)C2. The first-order chi connectivity index (χ1) is 12.1. The van der Waals surface area contributed by atoms with Crippen LogP contribution in [0, 0.1) is 0 Å². The molecule has 1 aromatic heterocycles. The Labute approximate surface area is 147 Å². The van der Waals surface area contributed by atoms with Crippen LogP contribution in [-0.4, -0.2) is 38.5 Å². The summed E-state index contributed by atoms with van der Waals surface area (Å²) in [5.41, 5.74) is 3.38. The molecule has 6 nitrogen and oxygen atoms in total. The van der Waals surface area contributed by atoms with E-state index in [0.29, 0.717) is 0 Å². The number of aromatic nitrogens is 2. The van der Waals surface area contributed by atoms with Gasteiger partial charge in [0.1, 0.15) is 5.75 Å². The molecule has 1 atom stereocenters. The van der Waals surface area contributed by atoms with Crippen molar-refractivity contribution in [1.82, 2.24) is 15.1 Å². The fourth-order valence-electron chi connectivity index (χ4n) is 3.51. The van der Waals surface area contributed by atoms with Crippen molar-refractivity contribution in [2.75, 3.05) is 6.54 Å². The van der Waals surface area contributed by atoms with Gasteiger partial charge < -0.3 is 15.5 Å². The molecule has 0 fully saturated rings. The van der Waals surface area contributed by atoms with E-state index in [1.165, 1.54) is 5.56 Å². The maximum absolute atomic E-state index is 11.5. The molecule has 1 aliphatic rings. The van der Waals surface area contributed by atoms with E-state index in [-0.39, 0.29) is 17.5 Å². The predicted molar refractivity (Wildman–Crippen MR) is 95.1 cm³/mol. The van der Waals surface area contributed by atoms with E-state index >= 15 is 0 Å². The summed E-state index contributed by atoms with van der Waals surface area (Å²) >= 11 is 0. The molecule has 0 radical (unpaired) electrons. The zero-order valence-corrected chi connectivity index (χ0v) is 14.5. The first-order valence-electron chi connectivity index (χ1n) is 8.91. The van der Waals surface area contributed by atoms with E-state index in [1.54, 1.807) is 12.1 Å². The van der Waals surface area contributed by atoms with Gasteiger partial charge in [-0.2, -0.15) is 5.10 Å². The second-order valence-corrected chi connectivity index (χ2v) is 6.61. The average molecular weight is 343 g/mol. The molecule has 1 aromatic carbocycles. The molecule has 1 aliphatic carbocycles. The van der Waals surface area contributed by atoms with Gasteiger partial charge in [0.05, 0.1) is 0 Å². The minimum Gasteiger partial charge on any atom is -0.508 e. The normalized spacial score (nSPS) is 16.6. The van der Waals surface area contributed by atoms with Crippen molar-refractivity contribution in [2.45, 2.75) is 51.6 Å². The molecule has 2 aromatic rings. The largest absolute Gasteiger partial charge is 0.508 e. The van der Waals surface area contributed by atoms with Crippen molar-refractivity contribution in [3.8, 4) is 5.75 Å². The molecular weight excluding hydrogens is 318 g/mol. The lowest BCUT2D eigenvalue weighted by Gasteiger charge is -2.24. The Morgan fingerprint density at radius 1 is 1.36 bits per heavy atom. The summed E-state index contributed by atoms with van der Waals surface area (Å²) in [4.78, 5) is 11.5. The number of phenols is 1. The molecule has 0 spiro atoms. The monoisotopic (exact) mass is 343 g/mol. The molecule has 1 unspecified atom stereocenters.